The topological polar surface area (TPSA) is 119 Å². The third-order valence-electron chi connectivity index (χ3n) is 5.16. The van der Waals surface area contributed by atoms with E-state index >= 15 is 0 Å². The summed E-state index contributed by atoms with van der Waals surface area (Å²) in [6, 6.07) is 5.92. The Balaban J connectivity index is 1.67. The van der Waals surface area contributed by atoms with Crippen molar-refractivity contribution in [1.82, 2.24) is 9.97 Å². The van der Waals surface area contributed by atoms with Crippen molar-refractivity contribution < 1.29 is 4.92 Å². The molecule has 0 aliphatic heterocycles. The van der Waals surface area contributed by atoms with Gasteiger partial charge in [-0.25, -0.2) is 4.98 Å². The Hall–Kier alpha value is -2.45. The van der Waals surface area contributed by atoms with Gasteiger partial charge in [-0.2, -0.15) is 4.98 Å². The third kappa shape index (κ3) is 5.30. The van der Waals surface area contributed by atoms with Gasteiger partial charge < -0.3 is 16.4 Å². The van der Waals surface area contributed by atoms with Crippen molar-refractivity contribution in [2.45, 2.75) is 45.2 Å². The van der Waals surface area contributed by atoms with Crippen LogP contribution in [0.4, 0.5) is 17.5 Å². The van der Waals surface area contributed by atoms with Crippen LogP contribution in [0.3, 0.4) is 0 Å². The van der Waals surface area contributed by atoms with E-state index in [-0.39, 0.29) is 17.5 Å². The molecule has 28 heavy (non-hydrogen) atoms. The predicted molar refractivity (Wildman–Crippen MR) is 111 cm³/mol. The van der Waals surface area contributed by atoms with E-state index in [2.05, 4.69) is 20.6 Å². The molecule has 4 N–H and O–H groups in total. The molecule has 8 nitrogen and oxygen atoms in total. The van der Waals surface area contributed by atoms with Crippen LogP contribution in [0.25, 0.3) is 0 Å². The van der Waals surface area contributed by atoms with Crippen molar-refractivity contribution in [3.05, 3.63) is 50.7 Å². The molecule has 3 rings (SSSR count). The number of anilines is 2. The average molecular weight is 405 g/mol. The van der Waals surface area contributed by atoms with Crippen molar-refractivity contribution in [3.8, 4) is 0 Å². The Morgan fingerprint density at radius 1 is 1.29 bits per heavy atom. The summed E-state index contributed by atoms with van der Waals surface area (Å²) in [7, 11) is 0. The van der Waals surface area contributed by atoms with E-state index in [1.807, 2.05) is 25.1 Å². The molecular weight excluding hydrogens is 380 g/mol. The highest BCUT2D eigenvalue weighted by molar-refractivity contribution is 6.30. The van der Waals surface area contributed by atoms with Gasteiger partial charge in [-0.05, 0) is 61.8 Å². The molecule has 1 fully saturated rings. The fourth-order valence-corrected chi connectivity index (χ4v) is 3.62. The van der Waals surface area contributed by atoms with Crippen molar-refractivity contribution in [1.29, 1.82) is 0 Å². The lowest BCUT2D eigenvalue weighted by molar-refractivity contribution is -0.384. The van der Waals surface area contributed by atoms with Gasteiger partial charge in [0.2, 0.25) is 11.8 Å². The van der Waals surface area contributed by atoms with Crippen LogP contribution in [0.2, 0.25) is 5.02 Å². The summed E-state index contributed by atoms with van der Waals surface area (Å²) in [5, 5.41) is 18.3. The zero-order chi connectivity index (χ0) is 20.1. The molecule has 1 heterocycles. The summed E-state index contributed by atoms with van der Waals surface area (Å²) in [6.45, 7) is 3.11. The van der Waals surface area contributed by atoms with E-state index < -0.39 is 4.92 Å². The maximum atomic E-state index is 11.3. The molecule has 1 aliphatic rings. The van der Waals surface area contributed by atoms with Crippen LogP contribution in [-0.4, -0.2) is 27.5 Å². The first-order chi connectivity index (χ1) is 13.4. The van der Waals surface area contributed by atoms with Crippen LogP contribution in [0.1, 0.15) is 36.8 Å². The van der Waals surface area contributed by atoms with Gasteiger partial charge in [0.05, 0.1) is 4.92 Å². The van der Waals surface area contributed by atoms with Gasteiger partial charge in [0, 0.05) is 24.2 Å². The Bertz CT molecular complexity index is 839. The predicted octanol–water partition coefficient (Wildman–Crippen LogP) is 3.89. The molecular formula is C19H25ClN6O2. The number of rotatable bonds is 7. The molecule has 0 bridgehead atoms. The number of hydrogen-bond acceptors (Lipinski definition) is 7. The molecule has 1 aliphatic carbocycles. The van der Waals surface area contributed by atoms with E-state index in [4.69, 9.17) is 17.3 Å². The van der Waals surface area contributed by atoms with Crippen LogP contribution in [0.5, 0.6) is 0 Å². The Morgan fingerprint density at radius 2 is 2.04 bits per heavy atom. The zero-order valence-electron chi connectivity index (χ0n) is 15.8. The molecule has 0 unspecified atom stereocenters. The number of aryl methyl sites for hydroxylation is 1. The first-order valence-corrected chi connectivity index (χ1v) is 9.80. The number of hydrogen-bond donors (Lipinski definition) is 3. The van der Waals surface area contributed by atoms with E-state index in [1.165, 1.54) is 6.20 Å². The highest BCUT2D eigenvalue weighted by atomic mass is 35.5. The second-order valence-electron chi connectivity index (χ2n) is 7.27. The van der Waals surface area contributed by atoms with Crippen molar-refractivity contribution in [2.24, 2.45) is 11.7 Å². The minimum Gasteiger partial charge on any atom is -0.364 e. The number of nitrogens with one attached hydrogen (secondary N) is 2. The summed E-state index contributed by atoms with van der Waals surface area (Å²) >= 11 is 5.98. The maximum absolute atomic E-state index is 11.3. The van der Waals surface area contributed by atoms with E-state index in [0.717, 1.165) is 36.8 Å². The highest BCUT2D eigenvalue weighted by Crippen LogP contribution is 2.26. The monoisotopic (exact) mass is 404 g/mol. The smallest absolute Gasteiger partial charge is 0.329 e. The van der Waals surface area contributed by atoms with Crippen LogP contribution >= 0.6 is 11.6 Å². The lowest BCUT2D eigenvalue weighted by atomic mass is 9.86. The molecule has 0 saturated heterocycles. The van der Waals surface area contributed by atoms with Crippen molar-refractivity contribution >= 4 is 29.1 Å². The zero-order valence-corrected chi connectivity index (χ0v) is 16.6. The van der Waals surface area contributed by atoms with Crippen molar-refractivity contribution in [2.75, 3.05) is 17.2 Å². The van der Waals surface area contributed by atoms with E-state index in [0.29, 0.717) is 30.0 Å². The van der Waals surface area contributed by atoms with Gasteiger partial charge in [-0.15, -0.1) is 0 Å². The summed E-state index contributed by atoms with van der Waals surface area (Å²) in [5.41, 5.74) is 7.92. The van der Waals surface area contributed by atoms with Gasteiger partial charge >= 0.3 is 5.69 Å². The summed E-state index contributed by atoms with van der Waals surface area (Å²) in [6.07, 6.45) is 5.27. The summed E-state index contributed by atoms with van der Waals surface area (Å²) in [4.78, 5) is 19.3. The Kier molecular flexibility index (Phi) is 6.64. The van der Waals surface area contributed by atoms with Crippen LogP contribution in [-0.2, 0) is 6.54 Å². The molecule has 0 atom stereocenters. The lowest BCUT2D eigenvalue weighted by Crippen LogP contribution is -2.29. The molecule has 2 aromatic rings. The average Bonchev–Trinajstić information content (AvgIpc) is 2.67. The molecule has 0 radical (unpaired) electrons. The van der Waals surface area contributed by atoms with Gasteiger partial charge in [-0.1, -0.05) is 17.7 Å². The van der Waals surface area contributed by atoms with Gasteiger partial charge in [0.25, 0.3) is 0 Å². The number of halogens is 1. The molecule has 1 aromatic heterocycles. The van der Waals surface area contributed by atoms with Gasteiger partial charge in [0.15, 0.2) is 0 Å². The van der Waals surface area contributed by atoms with Gasteiger partial charge in [0.1, 0.15) is 6.20 Å². The number of benzene rings is 1. The second kappa shape index (κ2) is 9.16. The maximum Gasteiger partial charge on any atom is 0.329 e. The Morgan fingerprint density at radius 3 is 2.71 bits per heavy atom. The lowest BCUT2D eigenvalue weighted by Gasteiger charge is -2.26. The van der Waals surface area contributed by atoms with Crippen LogP contribution in [0.15, 0.2) is 24.4 Å². The van der Waals surface area contributed by atoms with E-state index in [1.54, 1.807) is 0 Å². The number of aromatic nitrogens is 2. The molecule has 1 aromatic carbocycles. The minimum atomic E-state index is -0.466. The first-order valence-electron chi connectivity index (χ1n) is 9.42. The van der Waals surface area contributed by atoms with E-state index in [9.17, 15) is 10.1 Å². The Labute approximate surface area is 169 Å². The highest BCUT2D eigenvalue weighted by Gasteiger charge is 2.21. The number of nitro groups is 1. The largest absolute Gasteiger partial charge is 0.364 e. The van der Waals surface area contributed by atoms with Gasteiger partial charge in [-0.3, -0.25) is 10.1 Å². The molecule has 9 heteroatoms. The van der Waals surface area contributed by atoms with Crippen LogP contribution in [0, 0.1) is 23.0 Å². The summed E-state index contributed by atoms with van der Waals surface area (Å²) in [5.74, 6) is 1.03. The number of nitrogens with two attached hydrogens (primary N) is 1. The van der Waals surface area contributed by atoms with Crippen LogP contribution < -0.4 is 16.4 Å². The minimum absolute atomic E-state index is 0.124. The SMILES string of the molecule is Cc1cc(Cl)ccc1CNc1ncc([N+](=O)[O-])c(NC[C@H]2CC[C@H](N)CC2)n1. The second-order valence-corrected chi connectivity index (χ2v) is 7.71. The summed E-state index contributed by atoms with van der Waals surface area (Å²) < 4.78 is 0. The molecule has 0 amide bonds. The quantitative estimate of drug-likeness (QED) is 0.473. The molecule has 0 spiro atoms. The fraction of sp³-hybridized carbons (Fsp3) is 0.474. The number of nitrogens with zero attached hydrogens (tertiary/aromatic N) is 3. The van der Waals surface area contributed by atoms with Crippen molar-refractivity contribution in [3.63, 3.8) is 0 Å². The third-order valence-corrected chi connectivity index (χ3v) is 5.39. The normalized spacial score (nSPS) is 19.2. The molecule has 150 valence electrons. The first kappa shape index (κ1) is 20.3. The standard InChI is InChI=1S/C19H25ClN6O2/c1-12-8-15(20)5-4-14(12)10-23-19-24-11-17(26(27)28)18(25-19)22-9-13-2-6-16(21)7-3-13/h4-5,8,11,13,16H,2-3,6-7,9-10,21H2,1H3,(H2,22,23,24,25)/t13-,16-. The molecule has 1 saturated carbocycles. The fourth-order valence-electron chi connectivity index (χ4n) is 3.39.